The number of nitrogens with zero attached hydrogens (tertiary/aromatic N) is 3. The molecular formula is C16H31N3O2. The quantitative estimate of drug-likeness (QED) is 0.787. The van der Waals surface area contributed by atoms with Gasteiger partial charge in [0.25, 0.3) is 0 Å². The van der Waals surface area contributed by atoms with E-state index in [-0.39, 0.29) is 12.1 Å². The third-order valence-electron chi connectivity index (χ3n) is 4.78. The minimum atomic E-state index is -0.234. The molecule has 21 heavy (non-hydrogen) atoms. The largest absolute Gasteiger partial charge is 0.392 e. The van der Waals surface area contributed by atoms with Crippen LogP contribution in [0.15, 0.2) is 0 Å². The fraction of sp³-hybridized carbons (Fsp3) is 0.938. The van der Waals surface area contributed by atoms with Crippen LogP contribution in [0.3, 0.4) is 0 Å². The Kier molecular flexibility index (Phi) is 6.45. The van der Waals surface area contributed by atoms with Crippen LogP contribution in [0.4, 0.5) is 0 Å². The Labute approximate surface area is 128 Å². The van der Waals surface area contributed by atoms with Gasteiger partial charge < -0.3 is 10.0 Å². The van der Waals surface area contributed by atoms with E-state index in [0.717, 1.165) is 71.5 Å². The number of likely N-dealkylation sites (tertiary alicyclic amines) is 1. The summed E-state index contributed by atoms with van der Waals surface area (Å²) in [5, 5.41) is 9.72. The minimum absolute atomic E-state index is 0.123. The average molecular weight is 297 g/mol. The second kappa shape index (κ2) is 8.11. The van der Waals surface area contributed by atoms with E-state index in [9.17, 15) is 9.90 Å². The molecule has 2 rings (SSSR count). The van der Waals surface area contributed by atoms with Gasteiger partial charge in [-0.25, -0.2) is 0 Å². The highest BCUT2D eigenvalue weighted by Crippen LogP contribution is 2.20. The second-order valence-electron chi connectivity index (χ2n) is 6.38. The van der Waals surface area contributed by atoms with Gasteiger partial charge in [0, 0.05) is 32.7 Å². The third kappa shape index (κ3) is 4.41. The van der Waals surface area contributed by atoms with Gasteiger partial charge in [0.05, 0.1) is 12.1 Å². The van der Waals surface area contributed by atoms with Crippen molar-refractivity contribution in [3.05, 3.63) is 0 Å². The molecule has 5 nitrogen and oxygen atoms in total. The number of aliphatic hydroxyl groups is 1. The van der Waals surface area contributed by atoms with Crippen LogP contribution in [-0.2, 0) is 4.79 Å². The first-order valence-corrected chi connectivity index (χ1v) is 8.59. The van der Waals surface area contributed by atoms with E-state index < -0.39 is 0 Å². The van der Waals surface area contributed by atoms with E-state index in [1.165, 1.54) is 0 Å². The Morgan fingerprint density at radius 1 is 1.19 bits per heavy atom. The first-order valence-electron chi connectivity index (χ1n) is 8.59. The van der Waals surface area contributed by atoms with Crippen LogP contribution in [0.25, 0.3) is 0 Å². The number of rotatable bonds is 6. The Bertz CT molecular complexity index is 329. The predicted molar refractivity (Wildman–Crippen MR) is 84.2 cm³/mol. The van der Waals surface area contributed by atoms with Crippen molar-refractivity contribution in [2.45, 2.75) is 51.7 Å². The standard InChI is InChI=1S/C16H31N3O2/c1-3-7-18-8-5-6-15(18)16(21)19-11-9-17(10-12-19)13-14(20)4-2/h14-15,20H,3-13H2,1-2H3. The van der Waals surface area contributed by atoms with Gasteiger partial charge in [-0.05, 0) is 38.8 Å². The summed E-state index contributed by atoms with van der Waals surface area (Å²) in [4.78, 5) is 19.4. The normalized spacial score (nSPS) is 26.2. The van der Waals surface area contributed by atoms with Crippen molar-refractivity contribution in [2.24, 2.45) is 0 Å². The van der Waals surface area contributed by atoms with Crippen molar-refractivity contribution in [1.29, 1.82) is 0 Å². The highest BCUT2D eigenvalue weighted by atomic mass is 16.3. The van der Waals surface area contributed by atoms with E-state index >= 15 is 0 Å². The van der Waals surface area contributed by atoms with Gasteiger partial charge in [-0.15, -0.1) is 0 Å². The summed E-state index contributed by atoms with van der Waals surface area (Å²) in [7, 11) is 0. The Morgan fingerprint density at radius 2 is 1.90 bits per heavy atom. The van der Waals surface area contributed by atoms with Crippen LogP contribution < -0.4 is 0 Å². The second-order valence-corrected chi connectivity index (χ2v) is 6.38. The molecule has 2 atom stereocenters. The van der Waals surface area contributed by atoms with E-state index in [2.05, 4.69) is 16.7 Å². The summed E-state index contributed by atoms with van der Waals surface area (Å²) in [5.74, 6) is 0.330. The number of carbonyl (C=O) groups is 1. The summed E-state index contributed by atoms with van der Waals surface area (Å²) in [6.45, 7) is 10.4. The first kappa shape index (κ1) is 16.7. The van der Waals surface area contributed by atoms with E-state index in [4.69, 9.17) is 0 Å². The summed E-state index contributed by atoms with van der Waals surface area (Å²) in [6, 6.07) is 0.123. The van der Waals surface area contributed by atoms with Crippen molar-refractivity contribution < 1.29 is 9.90 Å². The predicted octanol–water partition coefficient (Wildman–Crippen LogP) is 0.776. The summed E-state index contributed by atoms with van der Waals surface area (Å²) in [5.41, 5.74) is 0. The zero-order chi connectivity index (χ0) is 15.2. The first-order chi connectivity index (χ1) is 10.2. The number of hydrogen-bond donors (Lipinski definition) is 1. The number of amides is 1. The fourth-order valence-electron chi connectivity index (χ4n) is 3.45. The van der Waals surface area contributed by atoms with E-state index in [1.807, 2.05) is 11.8 Å². The maximum atomic E-state index is 12.7. The van der Waals surface area contributed by atoms with Crippen molar-refractivity contribution >= 4 is 5.91 Å². The number of hydrogen-bond acceptors (Lipinski definition) is 4. The number of carbonyl (C=O) groups excluding carboxylic acids is 1. The third-order valence-corrected chi connectivity index (χ3v) is 4.78. The topological polar surface area (TPSA) is 47.0 Å². The molecule has 2 unspecified atom stereocenters. The van der Waals surface area contributed by atoms with Crippen LogP contribution in [0.1, 0.15) is 39.5 Å². The Morgan fingerprint density at radius 3 is 2.52 bits per heavy atom. The number of aliphatic hydroxyl groups excluding tert-OH is 1. The van der Waals surface area contributed by atoms with Crippen molar-refractivity contribution in [3.8, 4) is 0 Å². The van der Waals surface area contributed by atoms with E-state index in [1.54, 1.807) is 0 Å². The van der Waals surface area contributed by atoms with E-state index in [0.29, 0.717) is 5.91 Å². The smallest absolute Gasteiger partial charge is 0.240 e. The lowest BCUT2D eigenvalue weighted by molar-refractivity contribution is -0.137. The van der Waals surface area contributed by atoms with Gasteiger partial charge >= 0.3 is 0 Å². The van der Waals surface area contributed by atoms with Crippen LogP contribution in [0.2, 0.25) is 0 Å². The van der Waals surface area contributed by atoms with Gasteiger partial charge in [-0.1, -0.05) is 13.8 Å². The lowest BCUT2D eigenvalue weighted by atomic mass is 10.1. The van der Waals surface area contributed by atoms with Crippen LogP contribution in [0.5, 0.6) is 0 Å². The maximum Gasteiger partial charge on any atom is 0.240 e. The molecule has 0 aromatic rings. The molecule has 0 aromatic heterocycles. The molecule has 2 aliphatic rings. The molecule has 2 saturated heterocycles. The monoisotopic (exact) mass is 297 g/mol. The number of β-amino-alcohol motifs (C(OH)–C–C–N with tert-alkyl or cyclic N) is 1. The molecule has 0 spiro atoms. The van der Waals surface area contributed by atoms with Gasteiger partial charge in [0.15, 0.2) is 0 Å². The molecule has 2 heterocycles. The fourth-order valence-corrected chi connectivity index (χ4v) is 3.45. The molecule has 5 heteroatoms. The molecule has 122 valence electrons. The highest BCUT2D eigenvalue weighted by molar-refractivity contribution is 5.82. The van der Waals surface area contributed by atoms with Crippen LogP contribution >= 0.6 is 0 Å². The minimum Gasteiger partial charge on any atom is -0.392 e. The summed E-state index contributed by atoms with van der Waals surface area (Å²) >= 11 is 0. The molecule has 0 aromatic carbocycles. The Hall–Kier alpha value is -0.650. The van der Waals surface area contributed by atoms with Crippen LogP contribution in [0, 0.1) is 0 Å². The molecule has 0 radical (unpaired) electrons. The molecule has 0 aliphatic carbocycles. The highest BCUT2D eigenvalue weighted by Gasteiger charge is 2.34. The molecule has 2 aliphatic heterocycles. The summed E-state index contributed by atoms with van der Waals surface area (Å²) in [6.07, 6.45) is 3.86. The average Bonchev–Trinajstić information content (AvgIpc) is 2.96. The maximum absolute atomic E-state index is 12.7. The molecule has 0 bridgehead atoms. The molecule has 1 N–H and O–H groups in total. The molecule has 0 saturated carbocycles. The lowest BCUT2D eigenvalue weighted by Gasteiger charge is -2.37. The van der Waals surface area contributed by atoms with Crippen molar-refractivity contribution in [1.82, 2.24) is 14.7 Å². The van der Waals surface area contributed by atoms with Gasteiger partial charge in [-0.3, -0.25) is 14.6 Å². The van der Waals surface area contributed by atoms with Crippen molar-refractivity contribution in [3.63, 3.8) is 0 Å². The Balaban J connectivity index is 1.80. The zero-order valence-electron chi connectivity index (χ0n) is 13.6. The number of piperazine rings is 1. The molecule has 2 fully saturated rings. The van der Waals surface area contributed by atoms with Gasteiger partial charge in [-0.2, -0.15) is 0 Å². The summed E-state index contributed by atoms with van der Waals surface area (Å²) < 4.78 is 0. The molecular weight excluding hydrogens is 266 g/mol. The van der Waals surface area contributed by atoms with Crippen LogP contribution in [-0.4, -0.2) is 83.7 Å². The van der Waals surface area contributed by atoms with Gasteiger partial charge in [0.1, 0.15) is 0 Å². The SMILES string of the molecule is CCCN1CCCC1C(=O)N1CCN(CC(O)CC)CC1. The van der Waals surface area contributed by atoms with Gasteiger partial charge in [0.2, 0.25) is 5.91 Å². The van der Waals surface area contributed by atoms with Crippen molar-refractivity contribution in [2.75, 3.05) is 45.8 Å². The molecule has 1 amide bonds. The zero-order valence-corrected chi connectivity index (χ0v) is 13.6. The lowest BCUT2D eigenvalue weighted by Crippen LogP contribution is -2.54.